The van der Waals surface area contributed by atoms with E-state index in [1.54, 1.807) is 4.90 Å². The van der Waals surface area contributed by atoms with Crippen LogP contribution in [0.2, 0.25) is 0 Å². The van der Waals surface area contributed by atoms with Crippen molar-refractivity contribution in [2.45, 2.75) is 57.5 Å². The minimum atomic E-state index is -0.712. The minimum Gasteiger partial charge on any atom is -0.337 e. The fourth-order valence-electron chi connectivity index (χ4n) is 4.97. The van der Waals surface area contributed by atoms with Crippen LogP contribution in [-0.2, 0) is 24.2 Å². The van der Waals surface area contributed by atoms with Crippen molar-refractivity contribution in [2.75, 3.05) is 6.54 Å². The van der Waals surface area contributed by atoms with E-state index in [0.29, 0.717) is 29.7 Å². The summed E-state index contributed by atoms with van der Waals surface area (Å²) in [7, 11) is 0. The van der Waals surface area contributed by atoms with Crippen LogP contribution in [0.5, 0.6) is 0 Å². The maximum atomic E-state index is 13.4. The number of halogens is 2. The maximum Gasteiger partial charge on any atom is 0.329 e. The van der Waals surface area contributed by atoms with Gasteiger partial charge in [-0.2, -0.15) is 0 Å². The topological polar surface area (TPSA) is 75.2 Å². The van der Waals surface area contributed by atoms with E-state index in [1.807, 2.05) is 0 Å². The molecule has 0 bridgehead atoms. The molecule has 1 saturated carbocycles. The lowest BCUT2D eigenvalue weighted by atomic mass is 9.95. The highest BCUT2D eigenvalue weighted by Crippen LogP contribution is 2.33. The van der Waals surface area contributed by atoms with Gasteiger partial charge in [-0.05, 0) is 42.5 Å². The molecule has 0 unspecified atom stereocenters. The van der Waals surface area contributed by atoms with Gasteiger partial charge in [0.05, 0.1) is 18.4 Å². The molecule has 3 aromatic rings. The number of nitrogens with zero attached hydrogens (tertiary/aromatic N) is 2. The van der Waals surface area contributed by atoms with Crippen LogP contribution in [0, 0.1) is 11.6 Å². The van der Waals surface area contributed by atoms with E-state index in [4.69, 9.17) is 0 Å². The molecular formula is C23H23F2N3O3S. The van der Waals surface area contributed by atoms with Crippen LogP contribution in [0.1, 0.15) is 54.1 Å². The van der Waals surface area contributed by atoms with Crippen LogP contribution in [0.25, 0.3) is 10.2 Å². The first-order valence-corrected chi connectivity index (χ1v) is 11.7. The van der Waals surface area contributed by atoms with Crippen LogP contribution in [0.3, 0.4) is 0 Å². The SMILES string of the molecule is O=C(Cc1cc(F)cc(F)c1)N1CCc2c(sc3[nH]c(=O)n(C4CCCCC4)c(=O)c23)C1. The summed E-state index contributed by atoms with van der Waals surface area (Å²) in [4.78, 5) is 44.7. The summed E-state index contributed by atoms with van der Waals surface area (Å²) in [5, 5.41) is 0.564. The Labute approximate surface area is 186 Å². The van der Waals surface area contributed by atoms with Crippen molar-refractivity contribution in [3.8, 4) is 0 Å². The molecule has 5 rings (SSSR count). The highest BCUT2D eigenvalue weighted by atomic mass is 32.1. The number of aromatic amines is 1. The fourth-order valence-corrected chi connectivity index (χ4v) is 6.22. The number of thiophene rings is 1. The second-order valence-corrected chi connectivity index (χ2v) is 9.73. The zero-order valence-electron chi connectivity index (χ0n) is 17.5. The number of amides is 1. The van der Waals surface area contributed by atoms with E-state index in [0.717, 1.165) is 60.7 Å². The van der Waals surface area contributed by atoms with Gasteiger partial charge in [-0.25, -0.2) is 13.6 Å². The minimum absolute atomic E-state index is 0.0618. The van der Waals surface area contributed by atoms with Crippen molar-refractivity contribution in [1.29, 1.82) is 0 Å². The van der Waals surface area contributed by atoms with Crippen molar-refractivity contribution >= 4 is 27.5 Å². The van der Waals surface area contributed by atoms with Gasteiger partial charge in [0.1, 0.15) is 16.5 Å². The smallest absolute Gasteiger partial charge is 0.329 e. The largest absolute Gasteiger partial charge is 0.337 e. The Balaban J connectivity index is 1.43. The van der Waals surface area contributed by atoms with Crippen molar-refractivity contribution in [3.05, 3.63) is 66.7 Å². The number of carbonyl (C=O) groups is 1. The summed E-state index contributed by atoms with van der Waals surface area (Å²) in [5.41, 5.74) is 0.586. The van der Waals surface area contributed by atoms with Crippen LogP contribution in [0.15, 0.2) is 27.8 Å². The summed E-state index contributed by atoms with van der Waals surface area (Å²) < 4.78 is 28.3. The van der Waals surface area contributed by atoms with Gasteiger partial charge in [0.15, 0.2) is 0 Å². The van der Waals surface area contributed by atoms with E-state index in [1.165, 1.54) is 15.9 Å². The highest BCUT2D eigenvalue weighted by molar-refractivity contribution is 7.18. The monoisotopic (exact) mass is 459 g/mol. The van der Waals surface area contributed by atoms with E-state index in [-0.39, 0.29) is 35.2 Å². The normalized spacial score (nSPS) is 17.0. The summed E-state index contributed by atoms with van der Waals surface area (Å²) in [6, 6.07) is 3.04. The zero-order chi connectivity index (χ0) is 22.4. The predicted octanol–water partition coefficient (Wildman–Crippen LogP) is 3.66. The molecule has 1 aliphatic heterocycles. The third kappa shape index (κ3) is 3.79. The lowest BCUT2D eigenvalue weighted by molar-refractivity contribution is -0.131. The van der Waals surface area contributed by atoms with Gasteiger partial charge in [0.25, 0.3) is 5.56 Å². The predicted molar refractivity (Wildman–Crippen MR) is 118 cm³/mol. The fraction of sp³-hybridized carbons (Fsp3) is 0.435. The molecule has 32 heavy (non-hydrogen) atoms. The Morgan fingerprint density at radius 1 is 1.09 bits per heavy atom. The number of carbonyl (C=O) groups excluding carboxylic acids is 1. The van der Waals surface area contributed by atoms with Gasteiger partial charge < -0.3 is 4.90 Å². The van der Waals surface area contributed by atoms with E-state index >= 15 is 0 Å². The number of nitrogens with one attached hydrogen (secondary N) is 1. The standard InChI is InChI=1S/C23H23F2N3O3S/c24-14-8-13(9-15(25)11-14)10-19(29)27-7-6-17-18(12-27)32-21-20(17)22(30)28(23(31)26-21)16-4-2-1-3-5-16/h8-9,11,16H,1-7,10,12H2,(H,26,31). The number of H-pyrrole nitrogens is 1. The first-order valence-electron chi connectivity index (χ1n) is 10.9. The molecule has 6 nitrogen and oxygen atoms in total. The molecule has 2 aromatic heterocycles. The molecule has 0 spiro atoms. The second-order valence-electron chi connectivity index (χ2n) is 8.62. The number of aromatic nitrogens is 2. The molecule has 1 fully saturated rings. The number of rotatable bonds is 3. The molecule has 1 amide bonds. The van der Waals surface area contributed by atoms with E-state index < -0.39 is 11.6 Å². The molecule has 1 aliphatic carbocycles. The van der Waals surface area contributed by atoms with Gasteiger partial charge in [0, 0.05) is 23.5 Å². The van der Waals surface area contributed by atoms with Crippen molar-refractivity contribution < 1.29 is 13.6 Å². The summed E-state index contributed by atoms with van der Waals surface area (Å²) in [5.74, 6) is -1.65. The Morgan fingerprint density at radius 3 is 2.53 bits per heavy atom. The van der Waals surface area contributed by atoms with E-state index in [9.17, 15) is 23.2 Å². The average molecular weight is 460 g/mol. The number of hydrogen-bond acceptors (Lipinski definition) is 4. The second kappa shape index (κ2) is 8.27. The molecule has 0 atom stereocenters. The van der Waals surface area contributed by atoms with Crippen molar-refractivity contribution in [3.63, 3.8) is 0 Å². The summed E-state index contributed by atoms with van der Waals surface area (Å²) in [6.07, 6.45) is 5.24. The van der Waals surface area contributed by atoms with Crippen LogP contribution >= 0.6 is 11.3 Å². The Bertz CT molecular complexity index is 1300. The highest BCUT2D eigenvalue weighted by Gasteiger charge is 2.28. The van der Waals surface area contributed by atoms with Crippen molar-refractivity contribution in [1.82, 2.24) is 14.5 Å². The molecule has 0 radical (unpaired) electrons. The number of fused-ring (bicyclic) bond motifs is 3. The van der Waals surface area contributed by atoms with E-state index in [2.05, 4.69) is 4.98 Å². The van der Waals surface area contributed by atoms with Gasteiger partial charge in [-0.1, -0.05) is 19.3 Å². The van der Waals surface area contributed by atoms with Crippen LogP contribution < -0.4 is 11.2 Å². The summed E-state index contributed by atoms with van der Waals surface area (Å²) in [6.45, 7) is 0.730. The maximum absolute atomic E-state index is 13.4. The van der Waals surface area contributed by atoms with Gasteiger partial charge in [0.2, 0.25) is 5.91 Å². The molecule has 9 heteroatoms. The Hall–Kier alpha value is -2.81. The first-order chi connectivity index (χ1) is 15.4. The Kier molecular flexibility index (Phi) is 5.44. The quantitative estimate of drug-likeness (QED) is 0.650. The number of hydrogen-bond donors (Lipinski definition) is 1. The average Bonchev–Trinajstić information content (AvgIpc) is 3.11. The summed E-state index contributed by atoms with van der Waals surface area (Å²) >= 11 is 1.33. The van der Waals surface area contributed by atoms with Crippen LogP contribution in [-0.4, -0.2) is 26.9 Å². The van der Waals surface area contributed by atoms with Crippen molar-refractivity contribution in [2.24, 2.45) is 0 Å². The molecule has 3 heterocycles. The molecule has 168 valence electrons. The molecular weight excluding hydrogens is 436 g/mol. The van der Waals surface area contributed by atoms with Gasteiger partial charge in [-0.3, -0.25) is 19.1 Å². The lowest BCUT2D eigenvalue weighted by Crippen LogP contribution is -2.39. The Morgan fingerprint density at radius 2 is 1.81 bits per heavy atom. The van der Waals surface area contributed by atoms with Gasteiger partial charge in [-0.15, -0.1) is 11.3 Å². The third-order valence-electron chi connectivity index (χ3n) is 6.50. The van der Waals surface area contributed by atoms with Crippen LogP contribution in [0.4, 0.5) is 8.78 Å². The lowest BCUT2D eigenvalue weighted by Gasteiger charge is -2.27. The molecule has 1 aromatic carbocycles. The van der Waals surface area contributed by atoms with Gasteiger partial charge >= 0.3 is 5.69 Å². The first kappa shape index (κ1) is 21.1. The number of benzene rings is 1. The molecule has 1 N–H and O–H groups in total. The zero-order valence-corrected chi connectivity index (χ0v) is 18.3. The third-order valence-corrected chi connectivity index (χ3v) is 7.63. The molecule has 2 aliphatic rings. The molecule has 0 saturated heterocycles.